The number of ether oxygens (including phenoxy) is 1. The number of aldehydes is 1. The minimum atomic E-state index is -0.644. The van der Waals surface area contributed by atoms with Crippen LogP contribution in [0.4, 0.5) is 0 Å². The van der Waals surface area contributed by atoms with Crippen LogP contribution in [0.3, 0.4) is 0 Å². The maximum absolute atomic E-state index is 10.5. The summed E-state index contributed by atoms with van der Waals surface area (Å²) >= 11 is 0. The second-order valence-corrected chi connectivity index (χ2v) is 2.61. The van der Waals surface area contributed by atoms with Crippen LogP contribution < -0.4 is 0 Å². The van der Waals surface area contributed by atoms with E-state index in [1.807, 2.05) is 0 Å². The summed E-state index contributed by atoms with van der Waals surface area (Å²) in [4.78, 5) is 10.5. The molecule has 0 aromatic rings. The molecular formula is C7H12O3. The molecule has 3 nitrogen and oxygen atoms in total. The summed E-state index contributed by atoms with van der Waals surface area (Å²) in [5, 5.41) is 8.58. The Morgan fingerprint density at radius 2 is 2.50 bits per heavy atom. The van der Waals surface area contributed by atoms with E-state index in [0.717, 1.165) is 19.1 Å². The second-order valence-electron chi connectivity index (χ2n) is 2.61. The number of hydrogen-bond acceptors (Lipinski definition) is 3. The Morgan fingerprint density at radius 3 is 2.90 bits per heavy atom. The fraction of sp³-hybridized carbons (Fsp3) is 0.857. The molecule has 0 aromatic heterocycles. The summed E-state index contributed by atoms with van der Waals surface area (Å²) in [6.45, 7) is 0.678. The fourth-order valence-corrected chi connectivity index (χ4v) is 1.26. The smallest absolute Gasteiger partial charge is 0.151 e. The van der Waals surface area contributed by atoms with Crippen LogP contribution >= 0.6 is 0 Å². The molecule has 0 saturated carbocycles. The van der Waals surface area contributed by atoms with E-state index in [9.17, 15) is 4.79 Å². The van der Waals surface area contributed by atoms with Crippen molar-refractivity contribution >= 4 is 6.29 Å². The van der Waals surface area contributed by atoms with Gasteiger partial charge in [-0.15, -0.1) is 0 Å². The van der Waals surface area contributed by atoms with Crippen LogP contribution in [-0.4, -0.2) is 30.2 Å². The second kappa shape index (κ2) is 3.12. The van der Waals surface area contributed by atoms with Gasteiger partial charge in [-0.2, -0.15) is 0 Å². The third-order valence-electron chi connectivity index (χ3n) is 1.88. The molecule has 1 unspecified atom stereocenters. The molecule has 0 aliphatic carbocycles. The lowest BCUT2D eigenvalue weighted by Gasteiger charge is -2.19. The first-order valence-corrected chi connectivity index (χ1v) is 3.54. The number of rotatable bonds is 3. The molecule has 1 N–H and O–H groups in total. The minimum Gasteiger partial charge on any atom is -0.396 e. The highest BCUT2D eigenvalue weighted by atomic mass is 16.5. The van der Waals surface area contributed by atoms with Gasteiger partial charge in [0.2, 0.25) is 0 Å². The van der Waals surface area contributed by atoms with E-state index in [0.29, 0.717) is 13.0 Å². The first-order chi connectivity index (χ1) is 4.83. The van der Waals surface area contributed by atoms with Gasteiger partial charge in [0, 0.05) is 19.6 Å². The fourth-order valence-electron chi connectivity index (χ4n) is 1.26. The third kappa shape index (κ3) is 1.36. The summed E-state index contributed by atoms with van der Waals surface area (Å²) < 4.78 is 5.20. The molecule has 1 saturated heterocycles. The van der Waals surface area contributed by atoms with Gasteiger partial charge in [-0.05, 0) is 12.8 Å². The monoisotopic (exact) mass is 144 g/mol. The predicted molar refractivity (Wildman–Crippen MR) is 35.7 cm³/mol. The number of aliphatic hydroxyl groups excluding tert-OH is 1. The topological polar surface area (TPSA) is 46.5 Å². The normalized spacial score (nSPS) is 32.5. The van der Waals surface area contributed by atoms with Crippen molar-refractivity contribution in [2.24, 2.45) is 0 Å². The molecule has 1 fully saturated rings. The highest BCUT2D eigenvalue weighted by Crippen LogP contribution is 2.26. The summed E-state index contributed by atoms with van der Waals surface area (Å²) in [7, 11) is 0. The largest absolute Gasteiger partial charge is 0.396 e. The molecule has 0 aromatic carbocycles. The highest BCUT2D eigenvalue weighted by molar-refractivity contribution is 5.62. The molecule has 0 spiro atoms. The molecule has 0 amide bonds. The summed E-state index contributed by atoms with van der Waals surface area (Å²) in [6, 6.07) is 0. The minimum absolute atomic E-state index is 0.0265. The zero-order chi connectivity index (χ0) is 7.45. The van der Waals surface area contributed by atoms with Crippen LogP contribution in [0, 0.1) is 0 Å². The zero-order valence-electron chi connectivity index (χ0n) is 5.88. The van der Waals surface area contributed by atoms with Crippen molar-refractivity contribution in [3.63, 3.8) is 0 Å². The average Bonchev–Trinajstić information content (AvgIpc) is 2.39. The van der Waals surface area contributed by atoms with Crippen LogP contribution in [0.1, 0.15) is 19.3 Å². The molecule has 0 bridgehead atoms. The summed E-state index contributed by atoms with van der Waals surface area (Å²) in [6.07, 6.45) is 2.95. The van der Waals surface area contributed by atoms with Crippen molar-refractivity contribution < 1.29 is 14.6 Å². The predicted octanol–water partition coefficient (Wildman–Crippen LogP) is 0.117. The average molecular weight is 144 g/mol. The lowest BCUT2D eigenvalue weighted by Crippen LogP contribution is -2.30. The third-order valence-corrected chi connectivity index (χ3v) is 1.88. The van der Waals surface area contributed by atoms with Gasteiger partial charge in [-0.3, -0.25) is 0 Å². The molecule has 1 aliphatic heterocycles. The molecule has 3 heteroatoms. The van der Waals surface area contributed by atoms with Crippen molar-refractivity contribution in [2.45, 2.75) is 24.9 Å². The van der Waals surface area contributed by atoms with E-state index in [1.54, 1.807) is 0 Å². The lowest BCUT2D eigenvalue weighted by molar-refractivity contribution is -0.127. The summed E-state index contributed by atoms with van der Waals surface area (Å²) in [5.41, 5.74) is -0.644. The van der Waals surface area contributed by atoms with Gasteiger partial charge >= 0.3 is 0 Å². The van der Waals surface area contributed by atoms with Gasteiger partial charge in [-0.1, -0.05) is 0 Å². The molecule has 58 valence electrons. The molecule has 10 heavy (non-hydrogen) atoms. The van der Waals surface area contributed by atoms with Crippen LogP contribution in [0.15, 0.2) is 0 Å². The quantitative estimate of drug-likeness (QED) is 0.572. The van der Waals surface area contributed by atoms with Crippen molar-refractivity contribution in [3.8, 4) is 0 Å². The molecule has 1 atom stereocenters. The van der Waals surface area contributed by atoms with Gasteiger partial charge in [0.05, 0.1) is 0 Å². The van der Waals surface area contributed by atoms with Gasteiger partial charge in [-0.25, -0.2) is 0 Å². The number of carbonyl (C=O) groups excluding carboxylic acids is 1. The Hall–Kier alpha value is -0.410. The van der Waals surface area contributed by atoms with E-state index < -0.39 is 5.60 Å². The number of carbonyl (C=O) groups is 1. The van der Waals surface area contributed by atoms with Crippen molar-refractivity contribution in [2.75, 3.05) is 13.2 Å². The van der Waals surface area contributed by atoms with Gasteiger partial charge in [0.1, 0.15) is 5.60 Å². The van der Waals surface area contributed by atoms with Crippen molar-refractivity contribution in [1.82, 2.24) is 0 Å². The molecule has 0 radical (unpaired) electrons. The lowest BCUT2D eigenvalue weighted by atomic mass is 9.99. The molecule has 1 heterocycles. The van der Waals surface area contributed by atoms with Crippen LogP contribution in [-0.2, 0) is 9.53 Å². The standard InChI is InChI=1S/C7H12O3/c8-4-3-7(6-9)2-1-5-10-7/h6,8H,1-5H2. The Morgan fingerprint density at radius 1 is 1.70 bits per heavy atom. The van der Waals surface area contributed by atoms with E-state index in [2.05, 4.69) is 0 Å². The Labute approximate surface area is 60.0 Å². The zero-order valence-corrected chi connectivity index (χ0v) is 5.88. The van der Waals surface area contributed by atoms with Gasteiger partial charge in [0.25, 0.3) is 0 Å². The van der Waals surface area contributed by atoms with E-state index in [1.165, 1.54) is 0 Å². The van der Waals surface area contributed by atoms with Gasteiger partial charge in [0.15, 0.2) is 6.29 Å². The van der Waals surface area contributed by atoms with Crippen molar-refractivity contribution in [1.29, 1.82) is 0 Å². The number of hydrogen-bond donors (Lipinski definition) is 1. The highest BCUT2D eigenvalue weighted by Gasteiger charge is 2.33. The first-order valence-electron chi connectivity index (χ1n) is 3.54. The Bertz CT molecular complexity index is 116. The van der Waals surface area contributed by atoms with E-state index >= 15 is 0 Å². The van der Waals surface area contributed by atoms with Crippen LogP contribution in [0.5, 0.6) is 0 Å². The van der Waals surface area contributed by atoms with Gasteiger partial charge < -0.3 is 14.6 Å². The summed E-state index contributed by atoms with van der Waals surface area (Å²) in [5.74, 6) is 0. The van der Waals surface area contributed by atoms with E-state index in [-0.39, 0.29) is 6.61 Å². The van der Waals surface area contributed by atoms with Crippen LogP contribution in [0.25, 0.3) is 0 Å². The van der Waals surface area contributed by atoms with E-state index in [4.69, 9.17) is 9.84 Å². The Kier molecular flexibility index (Phi) is 2.40. The van der Waals surface area contributed by atoms with Crippen LogP contribution in [0.2, 0.25) is 0 Å². The SMILES string of the molecule is O=CC1(CCO)CCCO1. The maximum atomic E-state index is 10.5. The Balaban J connectivity index is 2.49. The molecule has 1 aliphatic rings. The molecule has 1 rings (SSSR count). The number of aliphatic hydroxyl groups is 1. The van der Waals surface area contributed by atoms with Crippen molar-refractivity contribution in [3.05, 3.63) is 0 Å². The maximum Gasteiger partial charge on any atom is 0.151 e. The first kappa shape index (κ1) is 7.69. The molecular weight excluding hydrogens is 132 g/mol.